The van der Waals surface area contributed by atoms with E-state index in [1.807, 2.05) is 30.3 Å². The Labute approximate surface area is 113 Å². The SMILES string of the molecule is O=C(N(O)CCCc1ccccc1)N1CCOCC1. The van der Waals surface area contributed by atoms with Gasteiger partial charge in [-0.05, 0) is 18.4 Å². The lowest BCUT2D eigenvalue weighted by molar-refractivity contribution is -0.0661. The molecule has 0 atom stereocenters. The molecule has 1 heterocycles. The quantitative estimate of drug-likeness (QED) is 0.666. The summed E-state index contributed by atoms with van der Waals surface area (Å²) in [6.45, 7) is 2.54. The number of urea groups is 1. The fourth-order valence-corrected chi connectivity index (χ4v) is 2.09. The van der Waals surface area contributed by atoms with Crippen molar-refractivity contribution in [1.82, 2.24) is 9.96 Å². The van der Waals surface area contributed by atoms with Crippen molar-refractivity contribution in [1.29, 1.82) is 0 Å². The number of rotatable bonds is 4. The molecule has 5 heteroatoms. The van der Waals surface area contributed by atoms with Crippen molar-refractivity contribution >= 4 is 6.03 Å². The van der Waals surface area contributed by atoms with E-state index in [1.54, 1.807) is 4.90 Å². The second kappa shape index (κ2) is 7.11. The van der Waals surface area contributed by atoms with E-state index in [0.29, 0.717) is 32.8 Å². The molecule has 1 saturated heterocycles. The lowest BCUT2D eigenvalue weighted by Crippen LogP contribution is -2.47. The van der Waals surface area contributed by atoms with Gasteiger partial charge in [0.05, 0.1) is 19.8 Å². The molecule has 1 aliphatic rings. The Balaban J connectivity index is 1.71. The molecule has 0 aromatic heterocycles. The first-order chi connectivity index (χ1) is 9.27. The molecule has 2 rings (SSSR count). The Bertz CT molecular complexity index is 391. The van der Waals surface area contributed by atoms with Gasteiger partial charge in [-0.15, -0.1) is 0 Å². The summed E-state index contributed by atoms with van der Waals surface area (Å²) in [6, 6.07) is 9.73. The largest absolute Gasteiger partial charge is 0.378 e. The maximum absolute atomic E-state index is 11.9. The molecule has 0 bridgehead atoms. The second-order valence-electron chi connectivity index (χ2n) is 4.59. The number of carbonyl (C=O) groups excluding carboxylic acids is 1. The number of ether oxygens (including phenoxy) is 1. The van der Waals surface area contributed by atoms with Crippen molar-refractivity contribution in [3.63, 3.8) is 0 Å². The summed E-state index contributed by atoms with van der Waals surface area (Å²) < 4.78 is 5.17. The first-order valence-corrected chi connectivity index (χ1v) is 6.64. The highest BCUT2D eigenvalue weighted by atomic mass is 16.5. The highest BCUT2D eigenvalue weighted by molar-refractivity contribution is 5.73. The van der Waals surface area contributed by atoms with Crippen molar-refractivity contribution in [2.45, 2.75) is 12.8 Å². The number of benzene rings is 1. The lowest BCUT2D eigenvalue weighted by atomic mass is 10.1. The zero-order chi connectivity index (χ0) is 13.5. The van der Waals surface area contributed by atoms with E-state index in [-0.39, 0.29) is 6.03 Å². The third-order valence-electron chi connectivity index (χ3n) is 3.18. The maximum Gasteiger partial charge on any atom is 0.343 e. The van der Waals surface area contributed by atoms with E-state index >= 15 is 0 Å². The van der Waals surface area contributed by atoms with Crippen molar-refractivity contribution in [3.8, 4) is 0 Å². The van der Waals surface area contributed by atoms with Gasteiger partial charge in [0, 0.05) is 13.1 Å². The highest BCUT2D eigenvalue weighted by Gasteiger charge is 2.21. The molecule has 2 amide bonds. The van der Waals surface area contributed by atoms with Crippen LogP contribution < -0.4 is 0 Å². The van der Waals surface area contributed by atoms with Crippen LogP contribution in [-0.2, 0) is 11.2 Å². The fourth-order valence-electron chi connectivity index (χ4n) is 2.09. The van der Waals surface area contributed by atoms with E-state index in [4.69, 9.17) is 4.74 Å². The van der Waals surface area contributed by atoms with E-state index < -0.39 is 0 Å². The average molecular weight is 264 g/mol. The van der Waals surface area contributed by atoms with Crippen molar-refractivity contribution in [2.75, 3.05) is 32.8 Å². The predicted octanol–water partition coefficient (Wildman–Crippen LogP) is 1.76. The molecule has 1 N–H and O–H groups in total. The van der Waals surface area contributed by atoms with Crippen LogP contribution in [0.5, 0.6) is 0 Å². The van der Waals surface area contributed by atoms with Crippen molar-refractivity contribution in [2.24, 2.45) is 0 Å². The minimum Gasteiger partial charge on any atom is -0.378 e. The van der Waals surface area contributed by atoms with Gasteiger partial charge < -0.3 is 9.64 Å². The Morgan fingerprint density at radius 2 is 1.95 bits per heavy atom. The third-order valence-corrected chi connectivity index (χ3v) is 3.18. The van der Waals surface area contributed by atoms with Gasteiger partial charge in [0.25, 0.3) is 0 Å². The van der Waals surface area contributed by atoms with Crippen LogP contribution >= 0.6 is 0 Å². The first-order valence-electron chi connectivity index (χ1n) is 6.64. The van der Waals surface area contributed by atoms with Crippen molar-refractivity contribution < 1.29 is 14.7 Å². The second-order valence-corrected chi connectivity index (χ2v) is 4.59. The minimum atomic E-state index is -0.323. The van der Waals surface area contributed by atoms with Gasteiger partial charge in [0.15, 0.2) is 0 Å². The zero-order valence-electron chi connectivity index (χ0n) is 11.0. The summed E-state index contributed by atoms with van der Waals surface area (Å²) >= 11 is 0. The molecular weight excluding hydrogens is 244 g/mol. The summed E-state index contributed by atoms with van der Waals surface area (Å²) in [4.78, 5) is 13.5. The number of nitrogens with zero attached hydrogens (tertiary/aromatic N) is 2. The Morgan fingerprint density at radius 3 is 2.63 bits per heavy atom. The normalized spacial score (nSPS) is 15.3. The molecule has 104 valence electrons. The Hall–Kier alpha value is -1.59. The number of morpholine rings is 1. The number of amides is 2. The number of aryl methyl sites for hydroxylation is 1. The maximum atomic E-state index is 11.9. The minimum absolute atomic E-state index is 0.323. The van der Waals surface area contributed by atoms with Gasteiger partial charge in [-0.3, -0.25) is 5.21 Å². The molecule has 1 fully saturated rings. The van der Waals surface area contributed by atoms with Crippen molar-refractivity contribution in [3.05, 3.63) is 35.9 Å². The number of carbonyl (C=O) groups is 1. The molecule has 0 spiro atoms. The summed E-state index contributed by atoms with van der Waals surface area (Å²) in [5.74, 6) is 0. The lowest BCUT2D eigenvalue weighted by Gasteiger charge is -2.29. The van der Waals surface area contributed by atoms with Crippen LogP contribution in [0.15, 0.2) is 30.3 Å². The summed E-state index contributed by atoms with van der Waals surface area (Å²) in [5, 5.41) is 10.6. The highest BCUT2D eigenvalue weighted by Crippen LogP contribution is 2.05. The molecule has 5 nitrogen and oxygen atoms in total. The van der Waals surface area contributed by atoms with Crippen LogP contribution in [0.1, 0.15) is 12.0 Å². The van der Waals surface area contributed by atoms with E-state index in [1.165, 1.54) is 5.56 Å². The molecule has 0 saturated carbocycles. The van der Waals surface area contributed by atoms with Crippen LogP contribution in [0.25, 0.3) is 0 Å². The van der Waals surface area contributed by atoms with Gasteiger partial charge in [-0.25, -0.2) is 9.86 Å². The van der Waals surface area contributed by atoms with Gasteiger partial charge >= 0.3 is 6.03 Å². The van der Waals surface area contributed by atoms with E-state index in [0.717, 1.165) is 17.9 Å². The van der Waals surface area contributed by atoms with E-state index in [2.05, 4.69) is 0 Å². The molecule has 0 radical (unpaired) electrons. The van der Waals surface area contributed by atoms with E-state index in [9.17, 15) is 10.0 Å². The van der Waals surface area contributed by atoms with Gasteiger partial charge in [0.1, 0.15) is 0 Å². The molecular formula is C14H20N2O3. The standard InChI is InChI=1S/C14H20N2O3/c17-14(15-9-11-19-12-10-15)16(18)8-4-7-13-5-2-1-3-6-13/h1-3,5-6,18H,4,7-12H2. The Morgan fingerprint density at radius 1 is 1.26 bits per heavy atom. The van der Waals surface area contributed by atoms with Crippen LogP contribution in [0.2, 0.25) is 0 Å². The van der Waals surface area contributed by atoms with Crippen LogP contribution in [0, 0.1) is 0 Å². The van der Waals surface area contributed by atoms with Crippen LogP contribution in [0.4, 0.5) is 4.79 Å². The van der Waals surface area contributed by atoms with Crippen LogP contribution in [0.3, 0.4) is 0 Å². The Kier molecular flexibility index (Phi) is 5.18. The zero-order valence-corrected chi connectivity index (χ0v) is 11.0. The van der Waals surface area contributed by atoms with Gasteiger partial charge in [-0.1, -0.05) is 30.3 Å². The number of hydroxylamine groups is 2. The fraction of sp³-hybridized carbons (Fsp3) is 0.500. The molecule has 1 aliphatic heterocycles. The monoisotopic (exact) mass is 264 g/mol. The first kappa shape index (κ1) is 13.8. The average Bonchev–Trinajstić information content (AvgIpc) is 2.48. The van der Waals surface area contributed by atoms with Gasteiger partial charge in [-0.2, -0.15) is 0 Å². The number of hydrogen-bond donors (Lipinski definition) is 1. The smallest absolute Gasteiger partial charge is 0.343 e. The molecule has 0 aliphatic carbocycles. The molecule has 19 heavy (non-hydrogen) atoms. The predicted molar refractivity (Wildman–Crippen MR) is 71.0 cm³/mol. The molecule has 1 aromatic carbocycles. The van der Waals surface area contributed by atoms with Gasteiger partial charge in [0.2, 0.25) is 0 Å². The van der Waals surface area contributed by atoms with Crippen LogP contribution in [-0.4, -0.2) is 54.0 Å². The topological polar surface area (TPSA) is 53.0 Å². The third kappa shape index (κ3) is 4.22. The molecule has 0 unspecified atom stereocenters. The number of hydrogen-bond acceptors (Lipinski definition) is 3. The summed E-state index contributed by atoms with van der Waals surface area (Å²) in [5.41, 5.74) is 1.22. The summed E-state index contributed by atoms with van der Waals surface area (Å²) in [6.07, 6.45) is 1.60. The summed E-state index contributed by atoms with van der Waals surface area (Å²) in [7, 11) is 0. The molecule has 1 aromatic rings.